The van der Waals surface area contributed by atoms with E-state index < -0.39 is 6.10 Å². The van der Waals surface area contributed by atoms with Crippen LogP contribution in [0.5, 0.6) is 5.75 Å². The van der Waals surface area contributed by atoms with E-state index in [9.17, 15) is 9.59 Å². The molecule has 2 aliphatic carbocycles. The number of ketones is 2. The highest BCUT2D eigenvalue weighted by molar-refractivity contribution is 6.40. The number of carbonyl (C=O) groups is 2. The minimum absolute atomic E-state index is 0.138. The van der Waals surface area contributed by atoms with Gasteiger partial charge in [0, 0.05) is 29.9 Å². The summed E-state index contributed by atoms with van der Waals surface area (Å²) in [5.74, 6) is 1.14. The zero-order valence-electron chi connectivity index (χ0n) is 20.8. The van der Waals surface area contributed by atoms with E-state index in [0.717, 1.165) is 43.2 Å². The molecule has 0 bridgehead atoms. The van der Waals surface area contributed by atoms with Gasteiger partial charge in [-0.2, -0.15) is 0 Å². The molecule has 2 aliphatic heterocycles. The number of allylic oxidation sites excluding steroid dienone is 1. The Morgan fingerprint density at radius 2 is 1.83 bits per heavy atom. The lowest BCUT2D eigenvalue weighted by Crippen LogP contribution is -2.42. The highest BCUT2D eigenvalue weighted by Gasteiger charge is 2.43. The Kier molecular flexibility index (Phi) is 5.84. The van der Waals surface area contributed by atoms with Crippen LogP contribution in [-0.2, 0) is 0 Å². The molecule has 0 amide bonds. The average molecular weight is 482 g/mol. The Hall–Kier alpha value is -3.51. The van der Waals surface area contributed by atoms with Crippen LogP contribution in [0.1, 0.15) is 52.5 Å². The Bertz CT molecular complexity index is 1350. The van der Waals surface area contributed by atoms with Crippen LogP contribution < -0.4 is 10.1 Å². The predicted octanol–water partition coefficient (Wildman–Crippen LogP) is 4.81. The molecule has 1 fully saturated rings. The van der Waals surface area contributed by atoms with Gasteiger partial charge in [0.2, 0.25) is 0 Å². The minimum Gasteiger partial charge on any atom is -0.478 e. The van der Waals surface area contributed by atoms with Gasteiger partial charge in [-0.3, -0.25) is 9.59 Å². The number of hydrogen-bond acceptors (Lipinski definition) is 6. The van der Waals surface area contributed by atoms with E-state index in [1.165, 1.54) is 12.8 Å². The molecule has 1 unspecified atom stereocenters. The van der Waals surface area contributed by atoms with Gasteiger partial charge in [0.05, 0.1) is 16.9 Å². The number of para-hydroxylation sites is 1. The summed E-state index contributed by atoms with van der Waals surface area (Å²) in [5.41, 5.74) is 4.54. The van der Waals surface area contributed by atoms with Crippen molar-refractivity contribution >= 4 is 23.0 Å². The van der Waals surface area contributed by atoms with Gasteiger partial charge in [-0.25, -0.2) is 4.99 Å². The second kappa shape index (κ2) is 9.17. The first-order valence-corrected chi connectivity index (χ1v) is 13.0. The largest absolute Gasteiger partial charge is 0.478 e. The number of Topliss-reactive ketones (excluding diaryl/α,β-unsaturated/α-hetero) is 2. The summed E-state index contributed by atoms with van der Waals surface area (Å²) in [5, 5.41) is 3.49. The third-order valence-electron chi connectivity index (χ3n) is 7.63. The molecule has 6 heteroatoms. The number of carbonyl (C=O) groups excluding carboxylic acids is 2. The fourth-order valence-electron chi connectivity index (χ4n) is 5.83. The second-order valence-electron chi connectivity index (χ2n) is 10.3. The molecule has 36 heavy (non-hydrogen) atoms. The molecule has 0 radical (unpaired) electrons. The van der Waals surface area contributed by atoms with Crippen molar-refractivity contribution in [2.75, 3.05) is 26.2 Å². The number of benzene rings is 2. The molecule has 4 aliphatic rings. The third-order valence-corrected chi connectivity index (χ3v) is 7.63. The lowest BCUT2D eigenvalue weighted by atomic mass is 9.76. The number of nitrogens with one attached hydrogen (secondary N) is 1. The third kappa shape index (κ3) is 3.90. The van der Waals surface area contributed by atoms with Crippen LogP contribution in [0.25, 0.3) is 0 Å². The summed E-state index contributed by atoms with van der Waals surface area (Å²) in [4.78, 5) is 34.9. The van der Waals surface area contributed by atoms with Gasteiger partial charge in [-0.15, -0.1) is 0 Å². The molecule has 1 N–H and O–H groups in total. The number of nitrogens with zero attached hydrogens (tertiary/aromatic N) is 2. The lowest BCUT2D eigenvalue weighted by Gasteiger charge is -2.34. The van der Waals surface area contributed by atoms with Crippen molar-refractivity contribution in [2.24, 2.45) is 10.9 Å². The predicted molar refractivity (Wildman–Crippen MR) is 140 cm³/mol. The molecule has 2 aromatic carbocycles. The average Bonchev–Trinajstić information content (AvgIpc) is 2.88. The maximum atomic E-state index is 13.8. The van der Waals surface area contributed by atoms with Crippen LogP contribution >= 0.6 is 0 Å². The molecule has 1 saturated heterocycles. The Balaban J connectivity index is 1.33. The Labute approximate surface area is 211 Å². The quantitative estimate of drug-likeness (QED) is 0.621. The molecule has 2 heterocycles. The second-order valence-corrected chi connectivity index (χ2v) is 10.3. The van der Waals surface area contributed by atoms with E-state index in [4.69, 9.17) is 9.73 Å². The molecule has 0 saturated carbocycles. The molecular weight excluding hydrogens is 450 g/mol. The van der Waals surface area contributed by atoms with E-state index in [2.05, 4.69) is 17.1 Å². The number of aliphatic imine (C=N–C) groups is 1. The SMILES string of the molecule is Cc1cccc2c1N=C1C3=C(C(=O)c4ccccc4C3=O)C(NCCCN3CCC[C@H](C)C3)=CC1O2. The van der Waals surface area contributed by atoms with E-state index in [1.54, 1.807) is 24.3 Å². The normalized spacial score (nSPS) is 23.1. The van der Waals surface area contributed by atoms with Crippen molar-refractivity contribution in [1.82, 2.24) is 10.2 Å². The van der Waals surface area contributed by atoms with Gasteiger partial charge < -0.3 is 15.0 Å². The molecule has 6 rings (SSSR count). The Morgan fingerprint density at radius 3 is 2.61 bits per heavy atom. The molecule has 2 atom stereocenters. The first-order chi connectivity index (χ1) is 17.5. The van der Waals surface area contributed by atoms with Gasteiger partial charge >= 0.3 is 0 Å². The van der Waals surface area contributed by atoms with Crippen molar-refractivity contribution in [1.29, 1.82) is 0 Å². The van der Waals surface area contributed by atoms with Crippen molar-refractivity contribution < 1.29 is 14.3 Å². The van der Waals surface area contributed by atoms with Crippen LogP contribution in [0.15, 0.2) is 70.4 Å². The van der Waals surface area contributed by atoms with Crippen LogP contribution in [0.2, 0.25) is 0 Å². The van der Waals surface area contributed by atoms with Crippen molar-refractivity contribution in [2.45, 2.75) is 39.2 Å². The van der Waals surface area contributed by atoms with Crippen LogP contribution in [-0.4, -0.2) is 54.5 Å². The summed E-state index contributed by atoms with van der Waals surface area (Å²) in [6.07, 6.45) is 4.92. The number of rotatable bonds is 5. The van der Waals surface area contributed by atoms with E-state index in [1.807, 2.05) is 31.2 Å². The van der Waals surface area contributed by atoms with E-state index in [0.29, 0.717) is 46.0 Å². The summed E-state index contributed by atoms with van der Waals surface area (Å²) < 4.78 is 6.33. The summed E-state index contributed by atoms with van der Waals surface area (Å²) in [6, 6.07) is 12.9. The summed E-state index contributed by atoms with van der Waals surface area (Å²) in [7, 11) is 0. The fraction of sp³-hybridized carbons (Fsp3) is 0.367. The molecule has 2 aromatic rings. The zero-order valence-corrected chi connectivity index (χ0v) is 20.8. The van der Waals surface area contributed by atoms with Crippen LogP contribution in [0.4, 0.5) is 5.69 Å². The molecule has 184 valence electrons. The number of hydrogen-bond donors (Lipinski definition) is 1. The van der Waals surface area contributed by atoms with Gasteiger partial charge in [0.15, 0.2) is 17.7 Å². The van der Waals surface area contributed by atoms with Gasteiger partial charge in [-0.05, 0) is 62.9 Å². The number of fused-ring (bicyclic) bond motifs is 4. The number of aryl methyl sites for hydroxylation is 1. The summed E-state index contributed by atoms with van der Waals surface area (Å²) >= 11 is 0. The number of ether oxygens (including phenoxy) is 1. The fourth-order valence-corrected chi connectivity index (χ4v) is 5.83. The van der Waals surface area contributed by atoms with Crippen LogP contribution in [0, 0.1) is 12.8 Å². The summed E-state index contributed by atoms with van der Waals surface area (Å²) in [6.45, 7) is 8.32. The van der Waals surface area contributed by atoms with Gasteiger partial charge in [0.1, 0.15) is 11.4 Å². The van der Waals surface area contributed by atoms with Crippen molar-refractivity contribution in [3.8, 4) is 5.75 Å². The van der Waals surface area contributed by atoms with E-state index in [-0.39, 0.29) is 11.6 Å². The first kappa shape index (κ1) is 22.9. The molecular formula is C30H31N3O3. The molecule has 0 spiro atoms. The lowest BCUT2D eigenvalue weighted by molar-refractivity contribution is 0.0978. The standard InChI is InChI=1S/C30H31N3O3/c1-18-8-6-14-33(17-18)15-7-13-31-22-16-24-28(32-27-19(2)9-5-12-23(27)36-24)26-25(22)29(34)20-10-3-4-11-21(20)30(26)35/h3-5,9-12,16,18,24,31H,6-8,13-15,17H2,1-2H3/t18-,24?/m0/s1. The van der Waals surface area contributed by atoms with Gasteiger partial charge in [0.25, 0.3) is 0 Å². The highest BCUT2D eigenvalue weighted by atomic mass is 16.5. The topological polar surface area (TPSA) is 71.0 Å². The number of likely N-dealkylation sites (tertiary alicyclic amines) is 1. The van der Waals surface area contributed by atoms with E-state index >= 15 is 0 Å². The monoisotopic (exact) mass is 481 g/mol. The smallest absolute Gasteiger partial charge is 0.196 e. The van der Waals surface area contributed by atoms with Crippen molar-refractivity contribution in [3.05, 3.63) is 82.1 Å². The first-order valence-electron chi connectivity index (χ1n) is 13.0. The Morgan fingerprint density at radius 1 is 1.06 bits per heavy atom. The number of piperidine rings is 1. The highest BCUT2D eigenvalue weighted by Crippen LogP contribution is 2.42. The van der Waals surface area contributed by atoms with Gasteiger partial charge in [-0.1, -0.05) is 43.3 Å². The van der Waals surface area contributed by atoms with Crippen molar-refractivity contribution in [3.63, 3.8) is 0 Å². The maximum Gasteiger partial charge on any atom is 0.196 e. The molecule has 0 aromatic heterocycles. The minimum atomic E-state index is -0.523. The maximum absolute atomic E-state index is 13.8. The zero-order chi connectivity index (χ0) is 24.8. The van der Waals surface area contributed by atoms with Crippen LogP contribution in [0.3, 0.4) is 0 Å². The molecule has 6 nitrogen and oxygen atoms in total.